The van der Waals surface area contributed by atoms with Gasteiger partial charge in [0, 0.05) is 44.4 Å². The summed E-state index contributed by atoms with van der Waals surface area (Å²) in [5.74, 6) is 1.19. The van der Waals surface area contributed by atoms with Crippen LogP contribution in [0.1, 0.15) is 11.6 Å². The number of hydrogen-bond acceptors (Lipinski definition) is 6. The van der Waals surface area contributed by atoms with Crippen molar-refractivity contribution >= 4 is 10.0 Å². The van der Waals surface area contributed by atoms with E-state index in [4.69, 9.17) is 9.47 Å². The zero-order chi connectivity index (χ0) is 24.8. The highest BCUT2D eigenvalue weighted by Gasteiger charge is 2.28. The highest BCUT2D eigenvalue weighted by atomic mass is 32.2. The number of hydrogen-bond donors (Lipinski definition) is 1. The summed E-state index contributed by atoms with van der Waals surface area (Å²) in [4.78, 5) is 4.43. The largest absolute Gasteiger partial charge is 0.497 e. The van der Waals surface area contributed by atoms with Gasteiger partial charge in [0.2, 0.25) is 10.0 Å². The molecular weight excluding hydrogens is 469 g/mol. The third-order valence-corrected chi connectivity index (χ3v) is 7.56. The molecule has 0 spiro atoms. The molecule has 0 saturated carbocycles. The molecule has 1 atom stereocenters. The van der Waals surface area contributed by atoms with Crippen molar-refractivity contribution in [3.05, 3.63) is 84.2 Å². The highest BCUT2D eigenvalue weighted by Crippen LogP contribution is 2.28. The van der Waals surface area contributed by atoms with Gasteiger partial charge in [0.1, 0.15) is 23.1 Å². The van der Waals surface area contributed by atoms with E-state index in [1.165, 1.54) is 25.3 Å². The first kappa shape index (κ1) is 25.1. The fourth-order valence-corrected chi connectivity index (χ4v) is 5.10. The molecule has 0 amide bonds. The smallest absolute Gasteiger partial charge is 0.240 e. The van der Waals surface area contributed by atoms with Crippen LogP contribution in [-0.4, -0.2) is 65.1 Å². The second-order valence-corrected chi connectivity index (χ2v) is 10.2. The lowest BCUT2D eigenvalue weighted by Crippen LogP contribution is -2.48. The summed E-state index contributed by atoms with van der Waals surface area (Å²) in [6.45, 7) is 3.10. The first-order valence-corrected chi connectivity index (χ1v) is 12.9. The Bertz CT molecular complexity index is 1220. The number of sulfonamides is 1. The summed E-state index contributed by atoms with van der Waals surface area (Å²) in [6.07, 6.45) is 0. The van der Waals surface area contributed by atoms with Gasteiger partial charge >= 0.3 is 0 Å². The third kappa shape index (κ3) is 6.37. The number of para-hydroxylation sites is 1. The van der Waals surface area contributed by atoms with E-state index < -0.39 is 21.9 Å². The van der Waals surface area contributed by atoms with Crippen molar-refractivity contribution in [2.24, 2.45) is 0 Å². The molecule has 35 heavy (non-hydrogen) atoms. The Morgan fingerprint density at radius 3 is 2.17 bits per heavy atom. The van der Waals surface area contributed by atoms with Crippen molar-refractivity contribution < 1.29 is 22.3 Å². The molecule has 0 aromatic heterocycles. The second-order valence-electron chi connectivity index (χ2n) is 8.48. The summed E-state index contributed by atoms with van der Waals surface area (Å²) in [7, 11) is -0.299. The molecule has 186 valence electrons. The molecule has 1 N–H and O–H groups in total. The summed E-state index contributed by atoms with van der Waals surface area (Å²) in [6, 6.07) is 19.7. The molecule has 0 radical (unpaired) electrons. The van der Waals surface area contributed by atoms with E-state index in [1.807, 2.05) is 37.4 Å². The minimum absolute atomic E-state index is 0.0392. The zero-order valence-corrected chi connectivity index (χ0v) is 20.7. The summed E-state index contributed by atoms with van der Waals surface area (Å²) >= 11 is 0. The van der Waals surface area contributed by atoms with Gasteiger partial charge in [-0.2, -0.15) is 0 Å². The van der Waals surface area contributed by atoms with Crippen molar-refractivity contribution in [2.75, 3.05) is 46.9 Å². The van der Waals surface area contributed by atoms with Gasteiger partial charge < -0.3 is 14.4 Å². The topological polar surface area (TPSA) is 71.1 Å². The van der Waals surface area contributed by atoms with Crippen molar-refractivity contribution in [3.63, 3.8) is 0 Å². The van der Waals surface area contributed by atoms with Gasteiger partial charge in [0.25, 0.3) is 0 Å². The van der Waals surface area contributed by atoms with Crippen LogP contribution in [-0.2, 0) is 10.0 Å². The summed E-state index contributed by atoms with van der Waals surface area (Å²) in [5, 5.41) is 0. The van der Waals surface area contributed by atoms with E-state index in [0.717, 1.165) is 13.1 Å². The SMILES string of the molecule is COc1ccc(C(CNS(=O)(=O)c2ccc(Oc3ccccc3)cc2)N2CCN(C)CC2)c(F)c1. The third-order valence-electron chi connectivity index (χ3n) is 6.12. The van der Waals surface area contributed by atoms with Gasteiger partial charge in [-0.15, -0.1) is 0 Å². The normalized spacial score (nSPS) is 16.1. The molecule has 1 heterocycles. The lowest BCUT2D eigenvalue weighted by molar-refractivity contribution is 0.111. The maximum atomic E-state index is 15.0. The molecule has 1 unspecified atom stereocenters. The van der Waals surface area contributed by atoms with Crippen LogP contribution in [0.15, 0.2) is 77.7 Å². The predicted molar refractivity (Wildman–Crippen MR) is 133 cm³/mol. The minimum Gasteiger partial charge on any atom is -0.497 e. The van der Waals surface area contributed by atoms with E-state index in [0.29, 0.717) is 35.9 Å². The summed E-state index contributed by atoms with van der Waals surface area (Å²) < 4.78 is 54.7. The van der Waals surface area contributed by atoms with Gasteiger partial charge in [0.05, 0.1) is 18.0 Å². The van der Waals surface area contributed by atoms with Crippen LogP contribution in [0, 0.1) is 5.82 Å². The lowest BCUT2D eigenvalue weighted by Gasteiger charge is -2.38. The maximum absolute atomic E-state index is 15.0. The van der Waals surface area contributed by atoms with Crippen LogP contribution in [0.3, 0.4) is 0 Å². The molecule has 1 aliphatic rings. The second kappa shape index (κ2) is 11.2. The van der Waals surface area contributed by atoms with Crippen LogP contribution < -0.4 is 14.2 Å². The molecule has 3 aromatic carbocycles. The van der Waals surface area contributed by atoms with Crippen LogP contribution in [0.25, 0.3) is 0 Å². The van der Waals surface area contributed by atoms with Gasteiger partial charge in [-0.05, 0) is 49.5 Å². The number of ether oxygens (including phenoxy) is 2. The molecule has 0 aliphatic carbocycles. The molecule has 3 aromatic rings. The molecule has 1 saturated heterocycles. The van der Waals surface area contributed by atoms with Crippen molar-refractivity contribution in [1.29, 1.82) is 0 Å². The molecular formula is C26H30FN3O4S. The molecule has 7 nitrogen and oxygen atoms in total. The van der Waals surface area contributed by atoms with E-state index >= 15 is 0 Å². The maximum Gasteiger partial charge on any atom is 0.240 e. The number of methoxy groups -OCH3 is 1. The van der Waals surface area contributed by atoms with Gasteiger partial charge in [-0.3, -0.25) is 4.90 Å². The first-order chi connectivity index (χ1) is 16.9. The van der Waals surface area contributed by atoms with Crippen LogP contribution in [0.5, 0.6) is 17.2 Å². The van der Waals surface area contributed by atoms with Crippen molar-refractivity contribution in [2.45, 2.75) is 10.9 Å². The highest BCUT2D eigenvalue weighted by molar-refractivity contribution is 7.89. The Morgan fingerprint density at radius 2 is 1.54 bits per heavy atom. The Hall–Kier alpha value is -2.98. The van der Waals surface area contributed by atoms with Gasteiger partial charge in [-0.25, -0.2) is 17.5 Å². The molecule has 9 heteroatoms. The van der Waals surface area contributed by atoms with Gasteiger partial charge in [0.15, 0.2) is 0 Å². The number of halogens is 1. The number of rotatable bonds is 9. The number of piperazine rings is 1. The van der Waals surface area contributed by atoms with E-state index in [-0.39, 0.29) is 11.4 Å². The Balaban J connectivity index is 1.50. The molecule has 1 fully saturated rings. The average Bonchev–Trinajstić information content (AvgIpc) is 2.87. The zero-order valence-electron chi connectivity index (χ0n) is 19.9. The standard InChI is InChI=1S/C26H30FN3O4S/c1-29-14-16-30(17-15-29)26(24-13-10-22(33-2)18-25(24)27)19-28-35(31,32)23-11-8-21(9-12-23)34-20-6-4-3-5-7-20/h3-13,18,26,28H,14-17,19H2,1-2H3. The lowest BCUT2D eigenvalue weighted by atomic mass is 10.0. The molecule has 1 aliphatic heterocycles. The van der Waals surface area contributed by atoms with Crippen molar-refractivity contribution in [1.82, 2.24) is 14.5 Å². The van der Waals surface area contributed by atoms with Crippen molar-refractivity contribution in [3.8, 4) is 17.2 Å². The molecule has 0 bridgehead atoms. The fraction of sp³-hybridized carbons (Fsp3) is 0.308. The van der Waals surface area contributed by atoms with E-state index in [2.05, 4.69) is 14.5 Å². The first-order valence-electron chi connectivity index (χ1n) is 11.4. The Morgan fingerprint density at radius 1 is 0.914 bits per heavy atom. The van der Waals surface area contributed by atoms with E-state index in [1.54, 1.807) is 24.3 Å². The number of nitrogens with one attached hydrogen (secondary N) is 1. The number of benzene rings is 3. The quantitative estimate of drug-likeness (QED) is 0.482. The fourth-order valence-electron chi connectivity index (χ4n) is 4.06. The van der Waals surface area contributed by atoms with Crippen LogP contribution in [0.2, 0.25) is 0 Å². The van der Waals surface area contributed by atoms with Crippen LogP contribution >= 0.6 is 0 Å². The Labute approximate surface area is 206 Å². The van der Waals surface area contributed by atoms with E-state index in [9.17, 15) is 12.8 Å². The number of nitrogens with zero attached hydrogens (tertiary/aromatic N) is 2. The Kier molecular flexibility index (Phi) is 8.02. The minimum atomic E-state index is -3.82. The van der Waals surface area contributed by atoms with Gasteiger partial charge in [-0.1, -0.05) is 24.3 Å². The molecule has 4 rings (SSSR count). The van der Waals surface area contributed by atoms with Crippen LogP contribution in [0.4, 0.5) is 4.39 Å². The summed E-state index contributed by atoms with van der Waals surface area (Å²) in [5.41, 5.74) is 0.435. The monoisotopic (exact) mass is 499 g/mol. The number of likely N-dealkylation sites (N-methyl/N-ethyl adjacent to an activating group) is 1. The predicted octanol–water partition coefficient (Wildman–Crippen LogP) is 3.89. The average molecular weight is 500 g/mol.